The Morgan fingerprint density at radius 3 is 2.52 bits per heavy atom. The Kier molecular flexibility index (Phi) is 11.7. The molecule has 2 saturated carbocycles. The second-order valence-electron chi connectivity index (χ2n) is 18.3. The van der Waals surface area contributed by atoms with Crippen molar-refractivity contribution >= 4 is 44.6 Å². The highest BCUT2D eigenvalue weighted by Crippen LogP contribution is 2.48. The number of allylic oxidation sites excluding steroid dienone is 1. The van der Waals surface area contributed by atoms with Crippen molar-refractivity contribution in [2.75, 3.05) is 13.2 Å². The van der Waals surface area contributed by atoms with Gasteiger partial charge < -0.3 is 29.7 Å². The first-order valence-electron chi connectivity index (χ1n) is 21.1. The fourth-order valence-corrected chi connectivity index (χ4v) is 9.90. The number of carbonyl (C=O) groups excluding carboxylic acids is 4. The molecule has 14 nitrogen and oxygen atoms in total. The van der Waals surface area contributed by atoms with Gasteiger partial charge in [0.15, 0.2) is 5.60 Å². The van der Waals surface area contributed by atoms with E-state index in [4.69, 9.17) is 19.2 Å². The molecule has 4 amide bonds. The average molecular weight is 858 g/mol. The third-order valence-corrected chi connectivity index (χ3v) is 15.5. The summed E-state index contributed by atoms with van der Waals surface area (Å²) in [6.07, 6.45) is 6.34. The molecule has 2 aliphatic carbocycles. The number of aromatic nitrogens is 1. The molecule has 0 unspecified atom stereocenters. The number of alkyl carbamates (subject to hydrolysis) is 1. The van der Waals surface area contributed by atoms with E-state index in [0.29, 0.717) is 63.3 Å². The van der Waals surface area contributed by atoms with E-state index in [1.165, 1.54) is 4.90 Å². The molecule has 3 fully saturated rings. The van der Waals surface area contributed by atoms with Crippen molar-refractivity contribution in [3.05, 3.63) is 42.0 Å². The van der Waals surface area contributed by atoms with Gasteiger partial charge in [0.05, 0.1) is 17.9 Å². The average Bonchev–Trinajstić information content (AvgIpc) is 4.07. The summed E-state index contributed by atoms with van der Waals surface area (Å²) in [5.74, 6) is -5.93. The monoisotopic (exact) mass is 857 g/mol. The number of aryl methyl sites for hydroxylation is 1. The van der Waals surface area contributed by atoms with Crippen LogP contribution in [0.15, 0.2) is 36.4 Å². The Hall–Kier alpha value is -4.54. The van der Waals surface area contributed by atoms with Gasteiger partial charge in [-0.2, -0.15) is 4.98 Å². The summed E-state index contributed by atoms with van der Waals surface area (Å²) < 4.78 is 74.4. The molecule has 60 heavy (non-hydrogen) atoms. The van der Waals surface area contributed by atoms with E-state index in [0.717, 1.165) is 37.6 Å². The molecular weight excluding hydrogens is 801 g/mol. The van der Waals surface area contributed by atoms with Crippen molar-refractivity contribution in [1.82, 2.24) is 25.2 Å². The van der Waals surface area contributed by atoms with Gasteiger partial charge in [-0.3, -0.25) is 19.1 Å². The highest BCUT2D eigenvalue weighted by atomic mass is 32.2. The summed E-state index contributed by atoms with van der Waals surface area (Å²) in [4.78, 5) is 63.3. The number of hydrogen-bond acceptors (Lipinski definition) is 10. The molecule has 2 aromatic rings. The van der Waals surface area contributed by atoms with Gasteiger partial charge in [-0.05, 0) is 95.4 Å². The van der Waals surface area contributed by atoms with Gasteiger partial charge >= 0.3 is 6.09 Å². The first-order chi connectivity index (χ1) is 28.2. The van der Waals surface area contributed by atoms with E-state index in [-0.39, 0.29) is 31.2 Å². The van der Waals surface area contributed by atoms with E-state index in [2.05, 4.69) is 15.4 Å². The Morgan fingerprint density at radius 1 is 1.12 bits per heavy atom. The SMILES string of the molecule is CC[C@@H]1C[C@@H](C)CC/C=C\[C@@H]2C[C@@]2(C(=O)NS(=O)(=O)C2(C)CC2)NC(=O)[C@@H]2C[C@@H](Oc3nc4c(c5ccccc35)CCCO4)CN2C(=O)[C@H]1NC(=O)OC(C)(C)C(C)(F)F. The Labute approximate surface area is 350 Å². The van der Waals surface area contributed by atoms with Crippen LogP contribution in [0.4, 0.5) is 13.6 Å². The fourth-order valence-electron chi connectivity index (χ4n) is 8.59. The molecule has 7 rings (SSSR count). The van der Waals surface area contributed by atoms with Crippen molar-refractivity contribution in [3.63, 3.8) is 0 Å². The minimum atomic E-state index is -4.06. The molecule has 0 bridgehead atoms. The van der Waals surface area contributed by atoms with Crippen LogP contribution < -0.4 is 24.8 Å². The standard InChI is InChI=1S/C43H57F2N5O9S/c1-7-26-21-25(2)13-8-9-14-27-23-43(27,38(53)49-60(55,56)41(5)18-19-41)48-34(51)32-22-28(24-50(32)37(52)33(26)46-39(54)59-40(3,4)42(6,44)45)58-36-31-16-11-10-15-29(31)30-17-12-20-57-35(30)47-36/h9-11,14-16,25-28,32-33H,7-8,12-13,17-24H2,1-6H3,(H,46,54)(H,48,51)(H,49,53)/b14-9-/t25-,26+,27+,28+,32-,33-,43+/m0/s1. The maximum absolute atomic E-state index is 15.1. The highest BCUT2D eigenvalue weighted by Gasteiger charge is 2.63. The number of rotatable bonds is 9. The van der Waals surface area contributed by atoms with Gasteiger partial charge in [0.1, 0.15) is 23.7 Å². The third kappa shape index (κ3) is 8.51. The Morgan fingerprint density at radius 2 is 1.83 bits per heavy atom. The number of nitrogens with zero attached hydrogens (tertiary/aromatic N) is 2. The molecular formula is C43H57F2N5O9S. The quantitative estimate of drug-likeness (QED) is 0.264. The smallest absolute Gasteiger partial charge is 0.408 e. The molecule has 1 aromatic heterocycles. The zero-order valence-electron chi connectivity index (χ0n) is 35.1. The molecule has 1 saturated heterocycles. The largest absolute Gasteiger partial charge is 0.477 e. The summed E-state index contributed by atoms with van der Waals surface area (Å²) in [6, 6.07) is 5.04. The summed E-state index contributed by atoms with van der Waals surface area (Å²) in [5, 5.41) is 7.10. The van der Waals surface area contributed by atoms with Gasteiger partial charge in [0.2, 0.25) is 33.6 Å². The van der Waals surface area contributed by atoms with E-state index < -0.39 is 85.7 Å². The number of ether oxygens (including phenoxy) is 3. The van der Waals surface area contributed by atoms with Gasteiger partial charge in [-0.1, -0.05) is 50.6 Å². The summed E-state index contributed by atoms with van der Waals surface area (Å²) in [7, 11) is -4.06. The molecule has 0 spiro atoms. The summed E-state index contributed by atoms with van der Waals surface area (Å²) in [6.45, 7) is 8.59. The van der Waals surface area contributed by atoms with E-state index in [1.807, 2.05) is 50.3 Å². The van der Waals surface area contributed by atoms with E-state index in [9.17, 15) is 31.6 Å². The topological polar surface area (TPSA) is 182 Å². The summed E-state index contributed by atoms with van der Waals surface area (Å²) in [5.41, 5.74) is -2.87. The van der Waals surface area contributed by atoms with Crippen LogP contribution in [0.2, 0.25) is 0 Å². The normalized spacial score (nSPS) is 29.9. The summed E-state index contributed by atoms with van der Waals surface area (Å²) >= 11 is 0. The van der Waals surface area contributed by atoms with Gasteiger partial charge in [-0.15, -0.1) is 0 Å². The van der Waals surface area contributed by atoms with E-state index >= 15 is 4.79 Å². The molecule has 4 heterocycles. The molecule has 3 aliphatic heterocycles. The predicted octanol–water partition coefficient (Wildman–Crippen LogP) is 5.71. The van der Waals surface area contributed by atoms with E-state index in [1.54, 1.807) is 6.92 Å². The maximum Gasteiger partial charge on any atom is 0.408 e. The van der Waals surface area contributed by atoms with Crippen LogP contribution in [-0.4, -0.2) is 95.3 Å². The minimum absolute atomic E-state index is 0.0294. The van der Waals surface area contributed by atoms with Crippen LogP contribution in [0, 0.1) is 17.8 Å². The number of alkyl halides is 2. The lowest BCUT2D eigenvalue weighted by atomic mass is 9.85. The van der Waals surface area contributed by atoms with Crippen LogP contribution in [0.25, 0.3) is 10.8 Å². The lowest BCUT2D eigenvalue weighted by Crippen LogP contribution is -2.60. The lowest BCUT2D eigenvalue weighted by Gasteiger charge is -2.35. The molecule has 1 aromatic carbocycles. The first kappa shape index (κ1) is 43.5. The third-order valence-electron chi connectivity index (χ3n) is 13.3. The number of benzene rings is 1. The number of fused-ring (bicyclic) bond motifs is 5. The number of nitrogens with one attached hydrogen (secondary N) is 3. The van der Waals surface area contributed by atoms with Gasteiger partial charge in [0.25, 0.3) is 11.8 Å². The first-order valence-corrected chi connectivity index (χ1v) is 22.6. The molecule has 0 radical (unpaired) electrons. The predicted molar refractivity (Wildman–Crippen MR) is 218 cm³/mol. The highest BCUT2D eigenvalue weighted by molar-refractivity contribution is 7.91. The molecule has 7 atom stereocenters. The van der Waals surface area contributed by atoms with Crippen molar-refractivity contribution in [1.29, 1.82) is 0 Å². The molecule has 5 aliphatic rings. The fraction of sp³-hybridized carbons (Fsp3) is 0.651. The molecule has 328 valence electrons. The van der Waals surface area contributed by atoms with Gasteiger partial charge in [0, 0.05) is 30.2 Å². The van der Waals surface area contributed by atoms with Crippen molar-refractivity contribution in [2.45, 2.75) is 146 Å². The van der Waals surface area contributed by atoms with Crippen molar-refractivity contribution in [3.8, 4) is 11.8 Å². The van der Waals surface area contributed by atoms with Crippen molar-refractivity contribution < 1.29 is 50.6 Å². The number of sulfonamides is 1. The second-order valence-corrected chi connectivity index (χ2v) is 20.5. The lowest BCUT2D eigenvalue weighted by molar-refractivity contribution is -0.152. The van der Waals surface area contributed by atoms with Crippen LogP contribution >= 0.6 is 0 Å². The van der Waals surface area contributed by atoms with Crippen LogP contribution in [0.1, 0.15) is 105 Å². The molecule has 17 heteroatoms. The zero-order chi connectivity index (χ0) is 43.4. The Bertz CT molecular complexity index is 2170. The maximum atomic E-state index is 15.1. The Balaban J connectivity index is 1.25. The van der Waals surface area contributed by atoms with Crippen LogP contribution in [0.3, 0.4) is 0 Å². The van der Waals surface area contributed by atoms with Gasteiger partial charge in [-0.25, -0.2) is 22.0 Å². The second kappa shape index (κ2) is 16.1. The number of pyridine rings is 1. The van der Waals surface area contributed by atoms with Crippen LogP contribution in [-0.2, 0) is 35.6 Å². The zero-order valence-corrected chi connectivity index (χ0v) is 36.0. The number of hydrogen-bond donors (Lipinski definition) is 3. The number of halogens is 2. The molecule has 3 N–H and O–H groups in total. The number of amides is 4. The number of carbonyl (C=O) groups is 4. The van der Waals surface area contributed by atoms with Crippen LogP contribution in [0.5, 0.6) is 11.8 Å². The minimum Gasteiger partial charge on any atom is -0.477 e. The van der Waals surface area contributed by atoms with Crippen molar-refractivity contribution in [2.24, 2.45) is 17.8 Å².